The van der Waals surface area contributed by atoms with Gasteiger partial charge in [-0.2, -0.15) is 0 Å². The molecule has 0 radical (unpaired) electrons. The highest BCUT2D eigenvalue weighted by molar-refractivity contribution is 7.10. The first-order chi connectivity index (χ1) is 12.1. The molecule has 132 valence electrons. The van der Waals surface area contributed by atoms with Gasteiger partial charge >= 0.3 is 0 Å². The fourth-order valence-electron chi connectivity index (χ4n) is 2.98. The summed E-state index contributed by atoms with van der Waals surface area (Å²) >= 11 is 1.59. The van der Waals surface area contributed by atoms with Gasteiger partial charge in [-0.15, -0.1) is 11.3 Å². The van der Waals surface area contributed by atoms with E-state index in [1.165, 1.54) is 12.1 Å². The molecule has 0 unspecified atom stereocenters. The van der Waals surface area contributed by atoms with Crippen LogP contribution in [0, 0.1) is 5.82 Å². The van der Waals surface area contributed by atoms with E-state index in [-0.39, 0.29) is 24.1 Å². The van der Waals surface area contributed by atoms with E-state index in [9.17, 15) is 14.0 Å². The minimum atomic E-state index is -0.300. The molecule has 0 atom stereocenters. The van der Waals surface area contributed by atoms with Crippen LogP contribution in [0.4, 0.5) is 4.39 Å². The molecule has 0 saturated carbocycles. The number of halogens is 1. The maximum atomic E-state index is 13.0. The Bertz CT molecular complexity index is 716. The molecule has 6 heteroatoms. The van der Waals surface area contributed by atoms with Gasteiger partial charge in [-0.25, -0.2) is 4.39 Å². The van der Waals surface area contributed by atoms with E-state index in [1.807, 2.05) is 27.3 Å². The normalized spacial score (nSPS) is 15.1. The Morgan fingerprint density at radius 3 is 2.16 bits per heavy atom. The highest BCUT2D eigenvalue weighted by Gasteiger charge is 2.22. The van der Waals surface area contributed by atoms with Gasteiger partial charge in [0, 0.05) is 31.1 Å². The third kappa shape index (κ3) is 4.89. The molecule has 1 saturated heterocycles. The fraction of sp³-hybridized carbons (Fsp3) is 0.368. The molecule has 0 aliphatic carbocycles. The molecule has 2 amide bonds. The van der Waals surface area contributed by atoms with Crippen molar-refractivity contribution in [2.24, 2.45) is 0 Å². The molecule has 0 bridgehead atoms. The SMILES string of the molecule is O=C(Cc1ccc(F)cc1)N1CCCN(C(=O)Cc2cccs2)CC1. The molecular formula is C19H21FN2O2S. The van der Waals surface area contributed by atoms with Gasteiger partial charge in [0.15, 0.2) is 0 Å². The summed E-state index contributed by atoms with van der Waals surface area (Å²) < 4.78 is 13.0. The fourth-order valence-corrected chi connectivity index (χ4v) is 3.67. The molecular weight excluding hydrogens is 339 g/mol. The summed E-state index contributed by atoms with van der Waals surface area (Å²) in [5, 5.41) is 1.97. The molecule has 1 aromatic carbocycles. The number of nitrogens with zero attached hydrogens (tertiary/aromatic N) is 2. The second-order valence-corrected chi connectivity index (χ2v) is 7.21. The molecule has 3 rings (SSSR count). The Kier molecular flexibility index (Phi) is 5.81. The zero-order chi connectivity index (χ0) is 17.6. The van der Waals surface area contributed by atoms with Crippen molar-refractivity contribution in [3.63, 3.8) is 0 Å². The highest BCUT2D eigenvalue weighted by atomic mass is 32.1. The Balaban J connectivity index is 1.53. The Hall–Kier alpha value is -2.21. The number of amides is 2. The van der Waals surface area contributed by atoms with Gasteiger partial charge < -0.3 is 9.80 Å². The van der Waals surface area contributed by atoms with Crippen LogP contribution in [0.15, 0.2) is 41.8 Å². The molecule has 0 N–H and O–H groups in total. The summed E-state index contributed by atoms with van der Waals surface area (Å²) in [7, 11) is 0. The predicted molar refractivity (Wildman–Crippen MR) is 95.9 cm³/mol. The molecule has 2 heterocycles. The third-order valence-electron chi connectivity index (χ3n) is 4.38. The van der Waals surface area contributed by atoms with Gasteiger partial charge in [-0.1, -0.05) is 18.2 Å². The molecule has 2 aromatic rings. The number of carbonyl (C=O) groups is 2. The maximum absolute atomic E-state index is 13.0. The average molecular weight is 360 g/mol. The van der Waals surface area contributed by atoms with Crippen LogP contribution in [0.2, 0.25) is 0 Å². The Morgan fingerprint density at radius 2 is 1.56 bits per heavy atom. The minimum Gasteiger partial charge on any atom is -0.341 e. The minimum absolute atomic E-state index is 0.0270. The van der Waals surface area contributed by atoms with Crippen LogP contribution in [0.1, 0.15) is 16.9 Å². The Morgan fingerprint density at radius 1 is 0.920 bits per heavy atom. The van der Waals surface area contributed by atoms with E-state index >= 15 is 0 Å². The lowest BCUT2D eigenvalue weighted by Gasteiger charge is -2.22. The number of benzene rings is 1. The zero-order valence-corrected chi connectivity index (χ0v) is 14.8. The Labute approximate surface area is 150 Å². The standard InChI is InChI=1S/C19H21FN2O2S/c20-16-6-4-15(5-7-16)13-18(23)21-8-2-9-22(11-10-21)19(24)14-17-3-1-12-25-17/h1,3-7,12H,2,8-11,13-14H2. The molecule has 1 aliphatic rings. The number of hydrogen-bond donors (Lipinski definition) is 0. The molecule has 0 spiro atoms. The maximum Gasteiger partial charge on any atom is 0.227 e. The van der Waals surface area contributed by atoms with Crippen LogP contribution in [-0.2, 0) is 22.4 Å². The lowest BCUT2D eigenvalue weighted by atomic mass is 10.1. The van der Waals surface area contributed by atoms with Crippen molar-refractivity contribution in [2.45, 2.75) is 19.3 Å². The van der Waals surface area contributed by atoms with Crippen molar-refractivity contribution in [2.75, 3.05) is 26.2 Å². The van der Waals surface area contributed by atoms with Gasteiger partial charge in [-0.3, -0.25) is 9.59 Å². The van der Waals surface area contributed by atoms with E-state index in [2.05, 4.69) is 0 Å². The number of hydrogen-bond acceptors (Lipinski definition) is 3. The highest BCUT2D eigenvalue weighted by Crippen LogP contribution is 2.13. The second kappa shape index (κ2) is 8.25. The smallest absolute Gasteiger partial charge is 0.227 e. The van der Waals surface area contributed by atoms with Crippen molar-refractivity contribution in [3.8, 4) is 0 Å². The first kappa shape index (κ1) is 17.6. The number of rotatable bonds is 4. The summed E-state index contributed by atoms with van der Waals surface area (Å²) in [5.41, 5.74) is 0.807. The topological polar surface area (TPSA) is 40.6 Å². The van der Waals surface area contributed by atoms with E-state index in [4.69, 9.17) is 0 Å². The average Bonchev–Trinajstić information content (AvgIpc) is 2.98. The van der Waals surface area contributed by atoms with E-state index in [0.29, 0.717) is 32.6 Å². The lowest BCUT2D eigenvalue weighted by Crippen LogP contribution is -2.38. The van der Waals surface area contributed by atoms with Crippen LogP contribution in [0.25, 0.3) is 0 Å². The van der Waals surface area contributed by atoms with Crippen molar-refractivity contribution < 1.29 is 14.0 Å². The van der Waals surface area contributed by atoms with Crippen LogP contribution >= 0.6 is 11.3 Å². The summed E-state index contributed by atoms with van der Waals surface area (Å²) in [6.45, 7) is 2.46. The molecule has 1 aromatic heterocycles. The van der Waals surface area contributed by atoms with E-state index < -0.39 is 0 Å². The van der Waals surface area contributed by atoms with Crippen LogP contribution in [0.3, 0.4) is 0 Å². The third-order valence-corrected chi connectivity index (χ3v) is 5.25. The summed E-state index contributed by atoms with van der Waals surface area (Å²) in [5.74, 6) is -0.152. The largest absolute Gasteiger partial charge is 0.341 e. The summed E-state index contributed by atoms with van der Waals surface area (Å²) in [6, 6.07) is 9.94. The van der Waals surface area contributed by atoms with E-state index in [0.717, 1.165) is 16.9 Å². The van der Waals surface area contributed by atoms with Crippen LogP contribution in [0.5, 0.6) is 0 Å². The van der Waals surface area contributed by atoms with Gasteiger partial charge in [0.25, 0.3) is 0 Å². The first-order valence-corrected chi connectivity index (χ1v) is 9.32. The van der Waals surface area contributed by atoms with Crippen molar-refractivity contribution in [1.82, 2.24) is 9.80 Å². The van der Waals surface area contributed by atoms with Crippen LogP contribution < -0.4 is 0 Å². The van der Waals surface area contributed by atoms with Crippen LogP contribution in [-0.4, -0.2) is 47.8 Å². The monoisotopic (exact) mass is 360 g/mol. The van der Waals surface area contributed by atoms with Gasteiger partial charge in [0.2, 0.25) is 11.8 Å². The quantitative estimate of drug-likeness (QED) is 0.841. The predicted octanol–water partition coefficient (Wildman–Crippen LogP) is 2.73. The number of carbonyl (C=O) groups excluding carboxylic acids is 2. The summed E-state index contributed by atoms with van der Waals surface area (Å²) in [4.78, 5) is 29.6. The summed E-state index contributed by atoms with van der Waals surface area (Å²) in [6.07, 6.45) is 1.48. The van der Waals surface area contributed by atoms with Gasteiger partial charge in [-0.05, 0) is 35.6 Å². The zero-order valence-electron chi connectivity index (χ0n) is 14.0. The lowest BCUT2D eigenvalue weighted by molar-refractivity contribution is -0.132. The van der Waals surface area contributed by atoms with Gasteiger partial charge in [0.05, 0.1) is 12.8 Å². The molecule has 1 fully saturated rings. The van der Waals surface area contributed by atoms with E-state index in [1.54, 1.807) is 23.5 Å². The second-order valence-electron chi connectivity index (χ2n) is 6.17. The van der Waals surface area contributed by atoms with Crippen molar-refractivity contribution in [1.29, 1.82) is 0 Å². The van der Waals surface area contributed by atoms with Crippen molar-refractivity contribution >= 4 is 23.2 Å². The number of thiophene rings is 1. The van der Waals surface area contributed by atoms with Crippen molar-refractivity contribution in [3.05, 3.63) is 58.0 Å². The molecule has 25 heavy (non-hydrogen) atoms. The first-order valence-electron chi connectivity index (χ1n) is 8.44. The molecule has 1 aliphatic heterocycles. The molecule has 4 nitrogen and oxygen atoms in total. The van der Waals surface area contributed by atoms with Gasteiger partial charge in [0.1, 0.15) is 5.82 Å².